The second kappa shape index (κ2) is 5.40. The van der Waals surface area contributed by atoms with E-state index in [0.29, 0.717) is 12.2 Å². The van der Waals surface area contributed by atoms with Crippen LogP contribution in [0.1, 0.15) is 15.4 Å². The van der Waals surface area contributed by atoms with E-state index in [1.165, 1.54) is 6.20 Å². The number of carbonyl (C=O) groups is 1. The van der Waals surface area contributed by atoms with Crippen molar-refractivity contribution in [3.8, 4) is 0 Å². The maximum absolute atomic E-state index is 10.7. The normalized spacial score (nSPS) is 10.1. The van der Waals surface area contributed by atoms with Crippen molar-refractivity contribution in [2.75, 3.05) is 11.9 Å². The molecule has 0 aliphatic rings. The molecule has 2 rings (SSSR count). The molecule has 2 aromatic heterocycles. The molecule has 0 spiro atoms. The first-order valence-electron chi connectivity index (χ1n) is 5.06. The number of nitrogens with one attached hydrogen (secondary N) is 1. The Kier molecular flexibility index (Phi) is 3.66. The van der Waals surface area contributed by atoms with Crippen LogP contribution in [0.25, 0.3) is 0 Å². The number of aromatic carboxylic acids is 1. The van der Waals surface area contributed by atoms with Crippen molar-refractivity contribution in [2.45, 2.75) is 6.42 Å². The summed E-state index contributed by atoms with van der Waals surface area (Å²) in [7, 11) is 0. The van der Waals surface area contributed by atoms with Crippen LogP contribution in [0.15, 0.2) is 30.0 Å². The van der Waals surface area contributed by atoms with Gasteiger partial charge in [-0.05, 0) is 6.07 Å². The third-order valence-electron chi connectivity index (χ3n) is 2.14. The first-order valence-corrected chi connectivity index (χ1v) is 5.94. The molecule has 0 aliphatic carbocycles. The van der Waals surface area contributed by atoms with E-state index in [2.05, 4.69) is 15.3 Å². The summed E-state index contributed by atoms with van der Waals surface area (Å²) >= 11 is 1.61. The maximum Gasteiger partial charge on any atom is 0.337 e. The molecule has 0 unspecified atom stereocenters. The summed E-state index contributed by atoms with van der Waals surface area (Å²) in [6, 6.07) is 1.57. The van der Waals surface area contributed by atoms with Crippen molar-refractivity contribution < 1.29 is 9.90 Å². The Hall–Kier alpha value is -1.95. The van der Waals surface area contributed by atoms with Gasteiger partial charge in [0.25, 0.3) is 0 Å². The third-order valence-corrected chi connectivity index (χ3v) is 2.98. The number of nitrogens with zero attached hydrogens (tertiary/aromatic N) is 2. The molecule has 17 heavy (non-hydrogen) atoms. The van der Waals surface area contributed by atoms with Crippen LogP contribution in [-0.2, 0) is 6.42 Å². The fraction of sp³-hybridized carbons (Fsp3) is 0.182. The Morgan fingerprint density at radius 1 is 1.47 bits per heavy atom. The standard InChI is InChI=1S/C11H11N3O2S/c15-11(16)8-5-9(7-12-6-8)13-2-1-10-14-3-4-17-10/h3-7,13H,1-2H2,(H,15,16). The van der Waals surface area contributed by atoms with Crippen LogP contribution in [0.3, 0.4) is 0 Å². The highest BCUT2D eigenvalue weighted by Gasteiger charge is 2.03. The third kappa shape index (κ3) is 3.25. The fourth-order valence-corrected chi connectivity index (χ4v) is 1.96. The smallest absolute Gasteiger partial charge is 0.337 e. The molecule has 0 amide bonds. The van der Waals surface area contributed by atoms with Gasteiger partial charge in [0, 0.05) is 36.9 Å². The zero-order valence-electron chi connectivity index (χ0n) is 8.96. The highest BCUT2D eigenvalue weighted by molar-refractivity contribution is 7.09. The summed E-state index contributed by atoms with van der Waals surface area (Å²) in [5.41, 5.74) is 0.894. The van der Waals surface area contributed by atoms with Gasteiger partial charge in [0.1, 0.15) is 0 Å². The van der Waals surface area contributed by atoms with E-state index in [4.69, 9.17) is 5.11 Å². The zero-order valence-corrected chi connectivity index (χ0v) is 9.78. The number of hydrogen-bond donors (Lipinski definition) is 2. The van der Waals surface area contributed by atoms with E-state index in [-0.39, 0.29) is 5.56 Å². The number of pyridine rings is 1. The molecule has 0 fully saturated rings. The van der Waals surface area contributed by atoms with Gasteiger partial charge in [-0.2, -0.15) is 0 Å². The molecule has 6 heteroatoms. The topological polar surface area (TPSA) is 75.1 Å². The average molecular weight is 249 g/mol. The second-order valence-electron chi connectivity index (χ2n) is 3.37. The average Bonchev–Trinajstić information content (AvgIpc) is 2.82. The molecule has 0 aromatic carbocycles. The summed E-state index contributed by atoms with van der Waals surface area (Å²) in [4.78, 5) is 18.8. The van der Waals surface area contributed by atoms with E-state index in [9.17, 15) is 4.79 Å². The Morgan fingerprint density at radius 3 is 3.06 bits per heavy atom. The fourth-order valence-electron chi connectivity index (χ4n) is 1.34. The highest BCUT2D eigenvalue weighted by Crippen LogP contribution is 2.09. The largest absolute Gasteiger partial charge is 0.478 e. The van der Waals surface area contributed by atoms with Gasteiger partial charge < -0.3 is 10.4 Å². The Labute approximate surface area is 102 Å². The van der Waals surface area contributed by atoms with E-state index in [0.717, 1.165) is 11.4 Å². The molecule has 0 bridgehead atoms. The minimum atomic E-state index is -0.971. The lowest BCUT2D eigenvalue weighted by Gasteiger charge is -2.05. The van der Waals surface area contributed by atoms with Gasteiger partial charge in [-0.3, -0.25) is 4.98 Å². The van der Waals surface area contributed by atoms with Crippen molar-refractivity contribution in [3.63, 3.8) is 0 Å². The predicted molar refractivity (Wildman–Crippen MR) is 65.5 cm³/mol. The van der Waals surface area contributed by atoms with Crippen molar-refractivity contribution in [1.29, 1.82) is 0 Å². The van der Waals surface area contributed by atoms with Crippen LogP contribution in [0.5, 0.6) is 0 Å². The quantitative estimate of drug-likeness (QED) is 0.846. The van der Waals surface area contributed by atoms with Crippen molar-refractivity contribution >= 4 is 23.0 Å². The number of anilines is 1. The van der Waals surface area contributed by atoms with Crippen LogP contribution >= 0.6 is 11.3 Å². The van der Waals surface area contributed by atoms with Gasteiger partial charge in [-0.25, -0.2) is 9.78 Å². The number of thiazole rings is 1. The van der Waals surface area contributed by atoms with Gasteiger partial charge >= 0.3 is 5.97 Å². The number of aromatic nitrogens is 2. The summed E-state index contributed by atoms with van der Waals surface area (Å²) in [5, 5.41) is 14.9. The molecule has 0 saturated carbocycles. The molecule has 88 valence electrons. The lowest BCUT2D eigenvalue weighted by molar-refractivity contribution is 0.0696. The number of hydrogen-bond acceptors (Lipinski definition) is 5. The number of carboxylic acid groups (broad SMARTS) is 1. The van der Waals surface area contributed by atoms with Crippen molar-refractivity contribution in [1.82, 2.24) is 9.97 Å². The summed E-state index contributed by atoms with van der Waals surface area (Å²) in [6.07, 6.45) is 5.52. The number of rotatable bonds is 5. The van der Waals surface area contributed by atoms with E-state index < -0.39 is 5.97 Å². The van der Waals surface area contributed by atoms with Gasteiger partial charge in [0.2, 0.25) is 0 Å². The van der Waals surface area contributed by atoms with Crippen LogP contribution in [0.4, 0.5) is 5.69 Å². The van der Waals surface area contributed by atoms with E-state index in [1.54, 1.807) is 29.8 Å². The first kappa shape index (κ1) is 11.5. The summed E-state index contributed by atoms with van der Waals surface area (Å²) in [5.74, 6) is -0.971. The predicted octanol–water partition coefficient (Wildman–Crippen LogP) is 1.89. The van der Waals surface area contributed by atoms with Crippen LogP contribution in [0.2, 0.25) is 0 Å². The van der Waals surface area contributed by atoms with Gasteiger partial charge in [0.15, 0.2) is 0 Å². The number of carboxylic acids is 1. The molecule has 2 N–H and O–H groups in total. The summed E-state index contributed by atoms with van der Waals surface area (Å²) < 4.78 is 0. The molecule has 0 aliphatic heterocycles. The van der Waals surface area contributed by atoms with Gasteiger partial charge in [0.05, 0.1) is 16.3 Å². The molecule has 5 nitrogen and oxygen atoms in total. The van der Waals surface area contributed by atoms with Crippen molar-refractivity contribution in [3.05, 3.63) is 40.6 Å². The van der Waals surface area contributed by atoms with E-state index in [1.807, 2.05) is 5.38 Å². The molecule has 0 radical (unpaired) electrons. The van der Waals surface area contributed by atoms with Gasteiger partial charge in [-0.15, -0.1) is 11.3 Å². The summed E-state index contributed by atoms with van der Waals surface area (Å²) in [6.45, 7) is 0.707. The second-order valence-corrected chi connectivity index (χ2v) is 4.35. The molecule has 0 saturated heterocycles. The Balaban J connectivity index is 1.90. The lowest BCUT2D eigenvalue weighted by atomic mass is 10.2. The molecular weight excluding hydrogens is 238 g/mol. The Morgan fingerprint density at radius 2 is 2.35 bits per heavy atom. The maximum atomic E-state index is 10.7. The molecule has 0 atom stereocenters. The minimum Gasteiger partial charge on any atom is -0.478 e. The van der Waals surface area contributed by atoms with Crippen LogP contribution in [-0.4, -0.2) is 27.6 Å². The van der Waals surface area contributed by atoms with E-state index >= 15 is 0 Å². The molecule has 2 aromatic rings. The highest BCUT2D eigenvalue weighted by atomic mass is 32.1. The SMILES string of the molecule is O=C(O)c1cncc(NCCc2nccs2)c1. The van der Waals surface area contributed by atoms with Crippen LogP contribution in [0, 0.1) is 0 Å². The van der Waals surface area contributed by atoms with Gasteiger partial charge in [-0.1, -0.05) is 0 Å². The first-order chi connectivity index (χ1) is 8.25. The lowest BCUT2D eigenvalue weighted by Crippen LogP contribution is -2.06. The zero-order chi connectivity index (χ0) is 12.1. The van der Waals surface area contributed by atoms with Crippen LogP contribution < -0.4 is 5.32 Å². The Bertz CT molecular complexity index is 499. The minimum absolute atomic E-state index is 0.184. The van der Waals surface area contributed by atoms with Crippen molar-refractivity contribution in [2.24, 2.45) is 0 Å². The molecular formula is C11H11N3O2S. The molecule has 2 heterocycles. The monoisotopic (exact) mass is 249 g/mol.